The second-order valence-corrected chi connectivity index (χ2v) is 6.64. The van der Waals surface area contributed by atoms with Crippen molar-refractivity contribution in [2.24, 2.45) is 0 Å². The molecular formula is C14H12ClNO3S2. The topological polar surface area (TPSA) is 66.4 Å². The summed E-state index contributed by atoms with van der Waals surface area (Å²) in [5.74, 6) is -0.948. The van der Waals surface area contributed by atoms with Gasteiger partial charge in [0.1, 0.15) is 4.88 Å². The summed E-state index contributed by atoms with van der Waals surface area (Å²) in [6.07, 6.45) is 0. The first kappa shape index (κ1) is 15.9. The van der Waals surface area contributed by atoms with Crippen LogP contribution in [0.25, 0.3) is 0 Å². The smallest absolute Gasteiger partial charge is 0.345 e. The molecule has 7 heteroatoms. The maximum absolute atomic E-state index is 11.9. The molecule has 0 atom stereocenters. The zero-order valence-corrected chi connectivity index (χ0v) is 13.4. The van der Waals surface area contributed by atoms with Crippen LogP contribution in [0.15, 0.2) is 34.5 Å². The molecule has 0 aliphatic heterocycles. The van der Waals surface area contributed by atoms with Crippen molar-refractivity contribution in [3.63, 3.8) is 0 Å². The second kappa shape index (κ2) is 6.98. The predicted octanol–water partition coefficient (Wildman–Crippen LogP) is 4.14. The van der Waals surface area contributed by atoms with Crippen molar-refractivity contribution < 1.29 is 14.7 Å². The normalized spacial score (nSPS) is 10.4. The predicted molar refractivity (Wildman–Crippen MR) is 86.8 cm³/mol. The van der Waals surface area contributed by atoms with Crippen LogP contribution >= 0.6 is 34.7 Å². The summed E-state index contributed by atoms with van der Waals surface area (Å²) < 4.78 is 0. The number of halogens is 1. The van der Waals surface area contributed by atoms with E-state index in [2.05, 4.69) is 5.32 Å². The molecule has 110 valence electrons. The maximum Gasteiger partial charge on any atom is 0.345 e. The standard InChI is InChI=1S/C14H12ClNO3S2/c1-8-2-3-11(10(15)4-8)16-13(17)7-20-9-5-12(14(18)19)21-6-9/h2-6H,7H2,1H3,(H,16,17)(H,18,19). The molecule has 21 heavy (non-hydrogen) atoms. The highest BCUT2D eigenvalue weighted by atomic mass is 35.5. The van der Waals surface area contributed by atoms with Gasteiger partial charge in [-0.3, -0.25) is 4.79 Å². The molecule has 0 unspecified atom stereocenters. The fourth-order valence-corrected chi connectivity index (χ4v) is 3.51. The van der Waals surface area contributed by atoms with E-state index in [4.69, 9.17) is 16.7 Å². The number of aromatic carboxylic acids is 1. The first-order valence-corrected chi connectivity index (χ1v) is 8.20. The maximum atomic E-state index is 11.9. The molecule has 1 aromatic carbocycles. The Bertz CT molecular complexity index is 685. The lowest BCUT2D eigenvalue weighted by Crippen LogP contribution is -2.14. The van der Waals surface area contributed by atoms with Gasteiger partial charge in [-0.1, -0.05) is 17.7 Å². The summed E-state index contributed by atoms with van der Waals surface area (Å²) in [6, 6.07) is 6.96. The number of rotatable bonds is 5. The van der Waals surface area contributed by atoms with Gasteiger partial charge in [-0.05, 0) is 30.7 Å². The molecule has 0 fully saturated rings. The molecule has 1 aromatic heterocycles. The van der Waals surface area contributed by atoms with Crippen LogP contribution in [0.4, 0.5) is 5.69 Å². The van der Waals surface area contributed by atoms with Crippen LogP contribution in [0.3, 0.4) is 0 Å². The lowest BCUT2D eigenvalue weighted by atomic mass is 10.2. The van der Waals surface area contributed by atoms with Gasteiger partial charge in [0.25, 0.3) is 0 Å². The van der Waals surface area contributed by atoms with E-state index in [9.17, 15) is 9.59 Å². The summed E-state index contributed by atoms with van der Waals surface area (Å²) >= 11 is 8.47. The van der Waals surface area contributed by atoms with Crippen molar-refractivity contribution in [2.75, 3.05) is 11.1 Å². The van der Waals surface area contributed by atoms with Gasteiger partial charge in [0, 0.05) is 10.3 Å². The van der Waals surface area contributed by atoms with Crippen LogP contribution < -0.4 is 5.32 Å². The Kier molecular flexibility index (Phi) is 5.27. The fraction of sp³-hybridized carbons (Fsp3) is 0.143. The molecule has 0 saturated heterocycles. The third-order valence-electron chi connectivity index (χ3n) is 2.55. The molecule has 2 aromatic rings. The van der Waals surface area contributed by atoms with Gasteiger partial charge in [0.15, 0.2) is 0 Å². The molecule has 1 heterocycles. The number of amides is 1. The molecule has 0 bridgehead atoms. The van der Waals surface area contributed by atoms with Gasteiger partial charge in [-0.15, -0.1) is 23.1 Å². The van der Waals surface area contributed by atoms with E-state index >= 15 is 0 Å². The molecule has 0 saturated carbocycles. The number of anilines is 1. The van der Waals surface area contributed by atoms with Crippen LogP contribution in [-0.4, -0.2) is 22.7 Å². The Morgan fingerprint density at radius 2 is 2.14 bits per heavy atom. The average Bonchev–Trinajstić information content (AvgIpc) is 2.89. The largest absolute Gasteiger partial charge is 0.477 e. The number of hydrogen-bond acceptors (Lipinski definition) is 4. The van der Waals surface area contributed by atoms with E-state index in [1.807, 2.05) is 13.0 Å². The highest BCUT2D eigenvalue weighted by Gasteiger charge is 2.10. The highest BCUT2D eigenvalue weighted by molar-refractivity contribution is 8.00. The van der Waals surface area contributed by atoms with Crippen LogP contribution in [0.2, 0.25) is 5.02 Å². The summed E-state index contributed by atoms with van der Waals surface area (Å²) in [5.41, 5.74) is 1.59. The lowest BCUT2D eigenvalue weighted by Gasteiger charge is -2.07. The van der Waals surface area contributed by atoms with Gasteiger partial charge >= 0.3 is 5.97 Å². The van der Waals surface area contributed by atoms with Crippen LogP contribution in [0.1, 0.15) is 15.2 Å². The molecule has 1 amide bonds. The Hall–Kier alpha value is -1.50. The number of thiophene rings is 1. The highest BCUT2D eigenvalue weighted by Crippen LogP contribution is 2.26. The van der Waals surface area contributed by atoms with E-state index in [1.54, 1.807) is 23.6 Å². The summed E-state index contributed by atoms with van der Waals surface area (Å²) in [5, 5.41) is 13.8. The average molecular weight is 342 g/mol. The van der Waals surface area contributed by atoms with Crippen molar-refractivity contribution in [3.05, 3.63) is 45.1 Å². The van der Waals surface area contributed by atoms with E-state index in [-0.39, 0.29) is 16.5 Å². The van der Waals surface area contributed by atoms with Crippen molar-refractivity contribution >= 4 is 52.3 Å². The Morgan fingerprint density at radius 1 is 1.38 bits per heavy atom. The lowest BCUT2D eigenvalue weighted by molar-refractivity contribution is -0.113. The van der Waals surface area contributed by atoms with Crippen LogP contribution in [0, 0.1) is 6.92 Å². The van der Waals surface area contributed by atoms with Gasteiger partial charge in [0.05, 0.1) is 16.5 Å². The molecular weight excluding hydrogens is 330 g/mol. The first-order chi connectivity index (χ1) is 9.95. The number of carbonyl (C=O) groups is 2. The first-order valence-electron chi connectivity index (χ1n) is 5.96. The zero-order chi connectivity index (χ0) is 15.4. The second-order valence-electron chi connectivity index (χ2n) is 4.27. The molecule has 0 radical (unpaired) electrons. The number of carbonyl (C=O) groups excluding carboxylic acids is 1. The van der Waals surface area contributed by atoms with Gasteiger partial charge in [-0.25, -0.2) is 4.79 Å². The third kappa shape index (κ3) is 4.49. The van der Waals surface area contributed by atoms with Crippen molar-refractivity contribution in [2.45, 2.75) is 11.8 Å². The van der Waals surface area contributed by atoms with Gasteiger partial charge < -0.3 is 10.4 Å². The minimum Gasteiger partial charge on any atom is -0.477 e. The number of aryl methyl sites for hydroxylation is 1. The minimum absolute atomic E-state index is 0.186. The molecule has 2 rings (SSSR count). The Labute approximate surface area is 135 Å². The van der Waals surface area contributed by atoms with Crippen molar-refractivity contribution in [1.29, 1.82) is 0 Å². The van der Waals surface area contributed by atoms with E-state index in [1.165, 1.54) is 11.8 Å². The summed E-state index contributed by atoms with van der Waals surface area (Å²) in [7, 11) is 0. The number of hydrogen-bond donors (Lipinski definition) is 2. The van der Waals surface area contributed by atoms with Crippen LogP contribution in [-0.2, 0) is 4.79 Å². The molecule has 0 aliphatic rings. The number of nitrogens with one attached hydrogen (secondary N) is 1. The number of thioether (sulfide) groups is 1. The summed E-state index contributed by atoms with van der Waals surface area (Å²) in [6.45, 7) is 1.92. The van der Waals surface area contributed by atoms with Crippen LogP contribution in [0.5, 0.6) is 0 Å². The fourth-order valence-electron chi connectivity index (χ4n) is 1.56. The monoisotopic (exact) mass is 341 g/mol. The number of carboxylic acids is 1. The number of carboxylic acid groups (broad SMARTS) is 1. The van der Waals surface area contributed by atoms with Gasteiger partial charge in [0.2, 0.25) is 5.91 Å². The Morgan fingerprint density at radius 3 is 2.76 bits per heavy atom. The Balaban J connectivity index is 1.91. The van der Waals surface area contributed by atoms with E-state index in [0.717, 1.165) is 21.8 Å². The SMILES string of the molecule is Cc1ccc(NC(=O)CSc2csc(C(=O)O)c2)c(Cl)c1. The third-order valence-corrected chi connectivity index (χ3v) is 4.91. The van der Waals surface area contributed by atoms with E-state index < -0.39 is 5.97 Å². The van der Waals surface area contributed by atoms with Crippen molar-refractivity contribution in [3.8, 4) is 0 Å². The van der Waals surface area contributed by atoms with E-state index in [0.29, 0.717) is 10.7 Å². The number of benzene rings is 1. The molecule has 0 aliphatic carbocycles. The van der Waals surface area contributed by atoms with Crippen molar-refractivity contribution in [1.82, 2.24) is 0 Å². The van der Waals surface area contributed by atoms with Gasteiger partial charge in [-0.2, -0.15) is 0 Å². The quantitative estimate of drug-likeness (QED) is 0.802. The molecule has 0 spiro atoms. The molecule has 2 N–H and O–H groups in total. The zero-order valence-electron chi connectivity index (χ0n) is 11.1. The minimum atomic E-state index is -0.956. The molecule has 4 nitrogen and oxygen atoms in total. The summed E-state index contributed by atoms with van der Waals surface area (Å²) in [4.78, 5) is 23.7.